The fourth-order valence-corrected chi connectivity index (χ4v) is 4.26. The normalized spacial score (nSPS) is 11.0. The SMILES string of the molecule is C=CCn1c(=S)sc2c(=O)n(Cc3ccc(Oc4ccccc4F)c(F)c3)cnc21. The monoisotopic (exact) mass is 443 g/mol. The molecule has 0 fully saturated rings. The van der Waals surface area contributed by atoms with E-state index in [-0.39, 0.29) is 23.6 Å². The van der Waals surface area contributed by atoms with Crippen molar-refractivity contribution in [2.75, 3.05) is 0 Å². The number of ether oxygens (including phenoxy) is 1. The van der Waals surface area contributed by atoms with Crippen LogP contribution in [0.25, 0.3) is 10.3 Å². The van der Waals surface area contributed by atoms with Crippen molar-refractivity contribution in [3.8, 4) is 11.5 Å². The average Bonchev–Trinajstić information content (AvgIpc) is 3.04. The molecule has 0 bridgehead atoms. The second kappa shape index (κ2) is 8.29. The Morgan fingerprint density at radius 3 is 2.67 bits per heavy atom. The average molecular weight is 444 g/mol. The number of allylic oxidation sites excluding steroid dienone is 1. The summed E-state index contributed by atoms with van der Waals surface area (Å²) in [6.07, 6.45) is 3.09. The van der Waals surface area contributed by atoms with Crippen LogP contribution in [0.3, 0.4) is 0 Å². The van der Waals surface area contributed by atoms with E-state index in [0.717, 1.165) is 0 Å². The highest BCUT2D eigenvalue weighted by Gasteiger charge is 2.13. The molecule has 152 valence electrons. The van der Waals surface area contributed by atoms with Gasteiger partial charge in [0.05, 0.1) is 6.54 Å². The van der Waals surface area contributed by atoms with Crippen molar-refractivity contribution in [1.29, 1.82) is 0 Å². The van der Waals surface area contributed by atoms with Gasteiger partial charge in [0, 0.05) is 6.54 Å². The minimum absolute atomic E-state index is 0.0692. The zero-order valence-electron chi connectivity index (χ0n) is 15.5. The number of halogens is 2. The number of thiazole rings is 1. The molecule has 0 atom stereocenters. The number of fused-ring (bicyclic) bond motifs is 1. The zero-order chi connectivity index (χ0) is 21.3. The molecule has 2 aromatic heterocycles. The van der Waals surface area contributed by atoms with E-state index in [0.29, 0.717) is 26.4 Å². The summed E-state index contributed by atoms with van der Waals surface area (Å²) < 4.78 is 37.6. The molecular weight excluding hydrogens is 428 g/mol. The van der Waals surface area contributed by atoms with E-state index in [1.807, 2.05) is 0 Å². The first-order chi connectivity index (χ1) is 14.5. The summed E-state index contributed by atoms with van der Waals surface area (Å²) in [5, 5.41) is 0. The predicted octanol–water partition coefficient (Wildman–Crippen LogP) is 5.29. The van der Waals surface area contributed by atoms with Gasteiger partial charge in [-0.05, 0) is 42.0 Å². The van der Waals surface area contributed by atoms with Crippen LogP contribution in [-0.4, -0.2) is 14.1 Å². The minimum atomic E-state index is -0.661. The third kappa shape index (κ3) is 3.81. The second-order valence-electron chi connectivity index (χ2n) is 6.39. The number of aromatic nitrogens is 3. The Balaban J connectivity index is 1.62. The lowest BCUT2D eigenvalue weighted by Gasteiger charge is -2.10. The van der Waals surface area contributed by atoms with Crippen molar-refractivity contribution in [1.82, 2.24) is 14.1 Å². The molecule has 0 spiro atoms. The highest BCUT2D eigenvalue weighted by Crippen LogP contribution is 2.27. The molecule has 0 aliphatic rings. The zero-order valence-corrected chi connectivity index (χ0v) is 17.2. The van der Waals surface area contributed by atoms with E-state index >= 15 is 0 Å². The largest absolute Gasteiger partial charge is 0.451 e. The number of hydrogen-bond acceptors (Lipinski definition) is 5. The molecule has 0 saturated carbocycles. The lowest BCUT2D eigenvalue weighted by atomic mass is 10.2. The van der Waals surface area contributed by atoms with Crippen LogP contribution in [0.2, 0.25) is 0 Å². The summed E-state index contributed by atoms with van der Waals surface area (Å²) in [6.45, 7) is 4.26. The van der Waals surface area contributed by atoms with Gasteiger partial charge in [-0.2, -0.15) is 0 Å². The van der Waals surface area contributed by atoms with Crippen LogP contribution >= 0.6 is 23.6 Å². The maximum Gasteiger partial charge on any atom is 0.273 e. The van der Waals surface area contributed by atoms with E-state index in [1.54, 1.807) is 22.8 Å². The molecule has 0 N–H and O–H groups in total. The maximum atomic E-state index is 14.5. The van der Waals surface area contributed by atoms with Crippen LogP contribution in [0.1, 0.15) is 5.56 Å². The molecule has 2 heterocycles. The minimum Gasteiger partial charge on any atom is -0.451 e. The van der Waals surface area contributed by atoms with E-state index in [9.17, 15) is 13.6 Å². The van der Waals surface area contributed by atoms with Crippen molar-refractivity contribution in [2.45, 2.75) is 13.1 Å². The van der Waals surface area contributed by atoms with Crippen LogP contribution in [0.5, 0.6) is 11.5 Å². The van der Waals surface area contributed by atoms with Crippen LogP contribution in [-0.2, 0) is 13.1 Å². The van der Waals surface area contributed by atoms with E-state index in [2.05, 4.69) is 11.6 Å². The topological polar surface area (TPSA) is 49.0 Å². The van der Waals surface area contributed by atoms with E-state index < -0.39 is 11.6 Å². The fraction of sp³-hybridized carbons (Fsp3) is 0.0952. The Morgan fingerprint density at radius 1 is 1.17 bits per heavy atom. The summed E-state index contributed by atoms with van der Waals surface area (Å²) in [5.74, 6) is -1.42. The van der Waals surface area contributed by atoms with E-state index in [4.69, 9.17) is 17.0 Å². The Kier molecular flexibility index (Phi) is 5.56. The van der Waals surface area contributed by atoms with Gasteiger partial charge in [-0.15, -0.1) is 6.58 Å². The smallest absolute Gasteiger partial charge is 0.273 e. The molecule has 9 heteroatoms. The van der Waals surface area contributed by atoms with Gasteiger partial charge in [-0.3, -0.25) is 9.36 Å². The molecule has 0 amide bonds. The molecule has 2 aromatic carbocycles. The number of para-hydroxylation sites is 1. The predicted molar refractivity (Wildman–Crippen MR) is 115 cm³/mol. The lowest BCUT2D eigenvalue weighted by Crippen LogP contribution is -2.21. The van der Waals surface area contributed by atoms with Crippen molar-refractivity contribution < 1.29 is 13.5 Å². The van der Waals surface area contributed by atoms with Crippen molar-refractivity contribution in [3.05, 3.63) is 93.0 Å². The van der Waals surface area contributed by atoms with Crippen LogP contribution in [0, 0.1) is 15.6 Å². The molecule has 5 nitrogen and oxygen atoms in total. The standard InChI is InChI=1S/C21H15F2N3O2S2/c1-2-9-26-19-18(30-21(26)29)20(27)25(12-24-19)11-13-7-8-17(15(23)10-13)28-16-6-4-3-5-14(16)22/h2-8,10,12H,1,9,11H2. The Labute approximate surface area is 179 Å². The molecule has 0 unspecified atom stereocenters. The quantitative estimate of drug-likeness (QED) is 0.300. The summed E-state index contributed by atoms with van der Waals surface area (Å²) in [4.78, 5) is 17.2. The summed E-state index contributed by atoms with van der Waals surface area (Å²) >= 11 is 6.48. The number of benzene rings is 2. The molecule has 0 aliphatic heterocycles. The first kappa shape index (κ1) is 20.1. The Morgan fingerprint density at radius 2 is 1.93 bits per heavy atom. The fourth-order valence-electron chi connectivity index (χ4n) is 2.94. The van der Waals surface area contributed by atoms with Gasteiger partial charge in [0.2, 0.25) is 0 Å². The molecule has 0 saturated heterocycles. The lowest BCUT2D eigenvalue weighted by molar-refractivity contribution is 0.414. The van der Waals surface area contributed by atoms with Crippen molar-refractivity contribution in [2.24, 2.45) is 0 Å². The highest BCUT2D eigenvalue weighted by molar-refractivity contribution is 7.73. The third-order valence-corrected chi connectivity index (χ3v) is 5.79. The summed E-state index contributed by atoms with van der Waals surface area (Å²) in [6, 6.07) is 10.0. The van der Waals surface area contributed by atoms with Gasteiger partial charge >= 0.3 is 0 Å². The van der Waals surface area contributed by atoms with Crippen LogP contribution in [0.15, 0.2) is 66.2 Å². The Hall–Kier alpha value is -3.17. The van der Waals surface area contributed by atoms with Gasteiger partial charge in [-0.25, -0.2) is 13.8 Å². The van der Waals surface area contributed by atoms with Crippen LogP contribution < -0.4 is 10.3 Å². The maximum absolute atomic E-state index is 14.5. The Bertz CT molecular complexity index is 1370. The molecule has 4 rings (SSSR count). The van der Waals surface area contributed by atoms with Crippen molar-refractivity contribution in [3.63, 3.8) is 0 Å². The van der Waals surface area contributed by atoms with Gasteiger partial charge in [-0.1, -0.05) is 35.6 Å². The number of rotatable bonds is 6. The van der Waals surface area contributed by atoms with Gasteiger partial charge in [0.25, 0.3) is 5.56 Å². The van der Waals surface area contributed by atoms with Crippen LogP contribution in [0.4, 0.5) is 8.78 Å². The first-order valence-electron chi connectivity index (χ1n) is 8.88. The van der Waals surface area contributed by atoms with Gasteiger partial charge < -0.3 is 9.30 Å². The third-order valence-electron chi connectivity index (χ3n) is 4.36. The molecular formula is C21H15F2N3O2S2. The molecule has 0 aliphatic carbocycles. The van der Waals surface area contributed by atoms with Gasteiger partial charge in [0.15, 0.2) is 32.7 Å². The van der Waals surface area contributed by atoms with Crippen molar-refractivity contribution >= 4 is 33.9 Å². The molecule has 30 heavy (non-hydrogen) atoms. The summed E-state index contributed by atoms with van der Waals surface area (Å²) in [5.41, 5.74) is 0.780. The first-order valence-corrected chi connectivity index (χ1v) is 10.1. The molecule has 4 aromatic rings. The number of hydrogen-bond donors (Lipinski definition) is 0. The second-order valence-corrected chi connectivity index (χ2v) is 8.04. The summed E-state index contributed by atoms with van der Waals surface area (Å²) in [7, 11) is 0. The number of nitrogens with zero attached hydrogens (tertiary/aromatic N) is 3. The van der Waals surface area contributed by atoms with E-state index in [1.165, 1.54) is 52.6 Å². The molecule has 0 radical (unpaired) electrons. The van der Waals surface area contributed by atoms with Gasteiger partial charge in [0.1, 0.15) is 11.0 Å². The highest BCUT2D eigenvalue weighted by atomic mass is 32.1.